The molecular formula is C22H16N2O7. The molecule has 0 saturated heterocycles. The Hall–Kier alpha value is -4.53. The zero-order valence-electron chi connectivity index (χ0n) is 16.2. The molecular weight excluding hydrogens is 404 g/mol. The van der Waals surface area contributed by atoms with Gasteiger partial charge in [-0.3, -0.25) is 19.9 Å². The van der Waals surface area contributed by atoms with E-state index in [4.69, 9.17) is 9.47 Å². The number of nitro benzene ring substituents is 1. The van der Waals surface area contributed by atoms with Crippen LogP contribution in [0.15, 0.2) is 71.7 Å². The molecule has 0 amide bonds. The van der Waals surface area contributed by atoms with Gasteiger partial charge in [0, 0.05) is 30.8 Å². The van der Waals surface area contributed by atoms with Gasteiger partial charge in [0.2, 0.25) is 0 Å². The fraction of sp³-hybridized carbons (Fsp3) is 0.0455. The van der Waals surface area contributed by atoms with Gasteiger partial charge in [0.15, 0.2) is 0 Å². The van der Waals surface area contributed by atoms with Gasteiger partial charge in [0.05, 0.1) is 4.92 Å². The van der Waals surface area contributed by atoms with E-state index in [1.807, 2.05) is 0 Å². The molecule has 1 N–H and O–H groups in total. The molecule has 0 aliphatic heterocycles. The molecule has 0 fully saturated rings. The first-order chi connectivity index (χ1) is 14.8. The molecule has 0 saturated carbocycles. The van der Waals surface area contributed by atoms with Crippen LogP contribution < -0.4 is 9.47 Å². The third-order valence-corrected chi connectivity index (χ3v) is 3.99. The van der Waals surface area contributed by atoms with Crippen molar-refractivity contribution < 1.29 is 29.1 Å². The minimum atomic E-state index is -0.754. The van der Waals surface area contributed by atoms with Gasteiger partial charge in [0.25, 0.3) is 5.69 Å². The minimum absolute atomic E-state index is 0.0180. The average Bonchev–Trinajstić information content (AvgIpc) is 2.73. The van der Waals surface area contributed by atoms with E-state index < -0.39 is 16.9 Å². The molecule has 9 heteroatoms. The highest BCUT2D eigenvalue weighted by Crippen LogP contribution is 2.31. The number of ether oxygens (including phenoxy) is 2. The monoisotopic (exact) mass is 420 g/mol. The molecule has 31 heavy (non-hydrogen) atoms. The molecule has 0 heterocycles. The van der Waals surface area contributed by atoms with E-state index >= 15 is 0 Å². The van der Waals surface area contributed by atoms with Gasteiger partial charge in [-0.05, 0) is 30.3 Å². The number of nitro groups is 1. The summed E-state index contributed by atoms with van der Waals surface area (Å²) >= 11 is 0. The highest BCUT2D eigenvalue weighted by molar-refractivity contribution is 5.96. The summed E-state index contributed by atoms with van der Waals surface area (Å²) in [5, 5.41) is 20.8. The Morgan fingerprint density at radius 2 is 1.68 bits per heavy atom. The van der Waals surface area contributed by atoms with Crippen LogP contribution in [0.2, 0.25) is 0 Å². The summed E-state index contributed by atoms with van der Waals surface area (Å²) in [4.78, 5) is 38.3. The van der Waals surface area contributed by atoms with Crippen molar-refractivity contribution in [1.82, 2.24) is 0 Å². The van der Waals surface area contributed by atoms with Crippen LogP contribution in [0.4, 0.5) is 11.4 Å². The fourth-order valence-electron chi connectivity index (χ4n) is 2.58. The quantitative estimate of drug-likeness (QED) is 0.208. The molecule has 9 nitrogen and oxygen atoms in total. The van der Waals surface area contributed by atoms with E-state index in [-0.39, 0.29) is 34.2 Å². The van der Waals surface area contributed by atoms with Crippen molar-refractivity contribution in [3.8, 4) is 17.2 Å². The van der Waals surface area contributed by atoms with Gasteiger partial charge in [-0.1, -0.05) is 24.3 Å². The molecule has 3 rings (SSSR count). The van der Waals surface area contributed by atoms with Crippen LogP contribution >= 0.6 is 0 Å². The number of benzene rings is 3. The summed E-state index contributed by atoms with van der Waals surface area (Å²) < 4.78 is 10.5. The smallest absolute Gasteiger partial charge is 0.347 e. The van der Waals surface area contributed by atoms with Crippen molar-refractivity contribution >= 4 is 29.5 Å². The predicted molar refractivity (Wildman–Crippen MR) is 111 cm³/mol. The van der Waals surface area contributed by atoms with Gasteiger partial charge in [-0.15, -0.1) is 0 Å². The van der Waals surface area contributed by atoms with Gasteiger partial charge in [0.1, 0.15) is 28.5 Å². The van der Waals surface area contributed by atoms with Crippen molar-refractivity contribution in [3.05, 3.63) is 88.0 Å². The Kier molecular flexibility index (Phi) is 6.36. The highest BCUT2D eigenvalue weighted by atomic mass is 16.6. The molecule has 0 atom stereocenters. The lowest BCUT2D eigenvalue weighted by atomic mass is 10.2. The second-order valence-electron chi connectivity index (χ2n) is 6.21. The molecule has 0 aromatic heterocycles. The van der Waals surface area contributed by atoms with Crippen molar-refractivity contribution in [2.45, 2.75) is 6.92 Å². The first-order valence-corrected chi connectivity index (χ1v) is 8.95. The van der Waals surface area contributed by atoms with Gasteiger partial charge < -0.3 is 14.6 Å². The number of phenols is 1. The summed E-state index contributed by atoms with van der Waals surface area (Å²) in [7, 11) is 0. The Bertz CT molecular complexity index is 1190. The number of rotatable bonds is 6. The average molecular weight is 420 g/mol. The summed E-state index contributed by atoms with van der Waals surface area (Å²) in [6.45, 7) is 1.22. The zero-order valence-corrected chi connectivity index (χ0v) is 16.2. The molecule has 0 aliphatic carbocycles. The standard InChI is InChI=1S/C22H16N2O7/c1-14(25)30-21-9-5-3-7-17(21)22(27)31-20-8-4-2-6-15(20)13-23-18-12-16(24(28)29)10-11-19(18)26/h2-13,26H,1H3. The third-order valence-electron chi connectivity index (χ3n) is 3.99. The van der Waals surface area contributed by atoms with Crippen molar-refractivity contribution in [1.29, 1.82) is 0 Å². The fourth-order valence-corrected chi connectivity index (χ4v) is 2.58. The van der Waals surface area contributed by atoms with Crippen LogP contribution in [0.5, 0.6) is 17.2 Å². The van der Waals surface area contributed by atoms with Crippen molar-refractivity contribution in [2.75, 3.05) is 0 Å². The van der Waals surface area contributed by atoms with Gasteiger partial charge in [-0.25, -0.2) is 4.79 Å². The number of esters is 2. The maximum absolute atomic E-state index is 12.6. The number of phenolic OH excluding ortho intramolecular Hbond substituents is 1. The third kappa shape index (κ3) is 5.30. The summed E-state index contributed by atoms with van der Waals surface area (Å²) in [5.74, 6) is -1.36. The van der Waals surface area contributed by atoms with Crippen LogP contribution in [-0.2, 0) is 4.79 Å². The number of hydrogen-bond donors (Lipinski definition) is 1. The lowest BCUT2D eigenvalue weighted by molar-refractivity contribution is -0.384. The van der Waals surface area contributed by atoms with Crippen molar-refractivity contribution in [3.63, 3.8) is 0 Å². The van der Waals surface area contributed by atoms with Crippen LogP contribution in [0.3, 0.4) is 0 Å². The maximum atomic E-state index is 12.6. The zero-order chi connectivity index (χ0) is 22.4. The Morgan fingerprint density at radius 3 is 2.39 bits per heavy atom. The minimum Gasteiger partial charge on any atom is -0.506 e. The lowest BCUT2D eigenvalue weighted by Gasteiger charge is -2.10. The number of carbonyl (C=O) groups excluding carboxylic acids is 2. The van der Waals surface area contributed by atoms with Gasteiger partial charge >= 0.3 is 11.9 Å². The number of nitrogens with zero attached hydrogens (tertiary/aromatic N) is 2. The van der Waals surface area contributed by atoms with E-state index in [1.165, 1.54) is 37.4 Å². The van der Waals surface area contributed by atoms with Gasteiger partial charge in [-0.2, -0.15) is 0 Å². The summed E-state index contributed by atoms with van der Waals surface area (Å²) in [6, 6.07) is 16.0. The molecule has 3 aromatic rings. The van der Waals surface area contributed by atoms with Crippen LogP contribution in [-0.4, -0.2) is 28.2 Å². The van der Waals surface area contributed by atoms with E-state index in [1.54, 1.807) is 30.3 Å². The molecule has 156 valence electrons. The van der Waals surface area contributed by atoms with Crippen molar-refractivity contribution in [2.24, 2.45) is 4.99 Å². The molecule has 0 spiro atoms. The highest BCUT2D eigenvalue weighted by Gasteiger charge is 2.17. The normalized spacial score (nSPS) is 10.6. The number of aromatic hydroxyl groups is 1. The summed E-state index contributed by atoms with van der Waals surface area (Å²) in [5.41, 5.74) is 0.190. The van der Waals surface area contributed by atoms with Crippen LogP contribution in [0.25, 0.3) is 0 Å². The lowest BCUT2D eigenvalue weighted by Crippen LogP contribution is -2.13. The van der Waals surface area contributed by atoms with E-state index in [0.717, 1.165) is 12.1 Å². The number of aliphatic imine (C=N–C) groups is 1. The molecule has 0 bridgehead atoms. The van der Waals surface area contributed by atoms with Crippen LogP contribution in [0, 0.1) is 10.1 Å². The first kappa shape index (κ1) is 21.2. The second-order valence-corrected chi connectivity index (χ2v) is 6.21. The topological polar surface area (TPSA) is 128 Å². The molecule has 0 aliphatic rings. The van der Waals surface area contributed by atoms with E-state index in [9.17, 15) is 24.8 Å². The largest absolute Gasteiger partial charge is 0.506 e. The summed E-state index contributed by atoms with van der Waals surface area (Å²) in [6.07, 6.45) is 1.30. The number of hydrogen-bond acceptors (Lipinski definition) is 8. The number of non-ortho nitro benzene ring substituents is 1. The van der Waals surface area contributed by atoms with E-state index in [0.29, 0.717) is 5.56 Å². The Labute approximate surface area is 176 Å². The van der Waals surface area contributed by atoms with E-state index in [2.05, 4.69) is 4.99 Å². The maximum Gasteiger partial charge on any atom is 0.347 e. The second kappa shape index (κ2) is 9.31. The Balaban J connectivity index is 1.88. The number of carbonyl (C=O) groups is 2. The molecule has 3 aromatic carbocycles. The SMILES string of the molecule is CC(=O)Oc1ccccc1C(=O)Oc1ccccc1C=Nc1cc([N+](=O)[O-])ccc1O. The predicted octanol–water partition coefficient (Wildman–Crippen LogP) is 4.20. The Morgan fingerprint density at radius 1 is 1.00 bits per heavy atom. The van der Waals surface area contributed by atoms with Crippen LogP contribution in [0.1, 0.15) is 22.8 Å². The molecule has 0 radical (unpaired) electrons. The first-order valence-electron chi connectivity index (χ1n) is 8.95. The molecule has 0 unspecified atom stereocenters. The number of para-hydroxylation sites is 2.